The maximum absolute atomic E-state index is 10.9. The Labute approximate surface area is 200 Å². The fourth-order valence-corrected chi connectivity index (χ4v) is 3.55. The van der Waals surface area contributed by atoms with E-state index in [0.717, 1.165) is 38.9 Å². The van der Waals surface area contributed by atoms with Gasteiger partial charge in [0.1, 0.15) is 9.84 Å². The van der Waals surface area contributed by atoms with E-state index in [-0.39, 0.29) is 5.75 Å². The zero-order valence-corrected chi connectivity index (χ0v) is 22.5. The molecule has 0 spiro atoms. The zero-order valence-electron chi connectivity index (χ0n) is 17.7. The number of hydrogen-bond donors (Lipinski definition) is 0. The summed E-state index contributed by atoms with van der Waals surface area (Å²) in [5.41, 5.74) is 2.19. The molecule has 2 aromatic heterocycles. The quantitative estimate of drug-likeness (QED) is 0.353. The number of sulfone groups is 1. The van der Waals surface area contributed by atoms with Gasteiger partial charge in [-0.3, -0.25) is 0 Å². The fraction of sp³-hybridized carbons (Fsp3) is 0.500. The SMILES string of the molecule is CSCCCOc1cc(C)c(Br)cn1.Cc1cc(OCCCS(C)(=O)=O)ncc1Br. The minimum Gasteiger partial charge on any atom is -0.478 e. The van der Waals surface area contributed by atoms with Crippen LogP contribution in [0.2, 0.25) is 0 Å². The number of ether oxygens (including phenoxy) is 2. The summed E-state index contributed by atoms with van der Waals surface area (Å²) < 4.78 is 34.5. The van der Waals surface area contributed by atoms with E-state index in [1.807, 2.05) is 37.7 Å². The van der Waals surface area contributed by atoms with Crippen LogP contribution in [0.15, 0.2) is 33.5 Å². The number of hydrogen-bond acceptors (Lipinski definition) is 7. The molecule has 0 amide bonds. The first-order valence-corrected chi connectivity index (χ1v) is 14.3. The molecular weight excluding hydrogens is 556 g/mol. The number of thioether (sulfide) groups is 1. The van der Waals surface area contributed by atoms with E-state index in [4.69, 9.17) is 9.47 Å². The Kier molecular flexibility index (Phi) is 12.9. The maximum Gasteiger partial charge on any atom is 0.213 e. The average molecular weight is 584 g/mol. The number of pyridine rings is 2. The first kappa shape index (κ1) is 27.2. The molecule has 0 aromatic carbocycles. The molecule has 0 unspecified atom stereocenters. The van der Waals surface area contributed by atoms with Crippen molar-refractivity contribution in [1.82, 2.24) is 9.97 Å². The Morgan fingerprint density at radius 2 is 1.40 bits per heavy atom. The minimum absolute atomic E-state index is 0.141. The molecule has 168 valence electrons. The van der Waals surface area contributed by atoms with E-state index in [1.54, 1.807) is 12.4 Å². The molecule has 0 saturated heterocycles. The van der Waals surface area contributed by atoms with Crippen LogP contribution in [0.4, 0.5) is 0 Å². The van der Waals surface area contributed by atoms with Gasteiger partial charge in [-0.2, -0.15) is 11.8 Å². The molecule has 2 aromatic rings. The largest absolute Gasteiger partial charge is 0.478 e. The minimum atomic E-state index is -2.90. The van der Waals surface area contributed by atoms with Crippen molar-refractivity contribution >= 4 is 53.5 Å². The van der Waals surface area contributed by atoms with Crippen molar-refractivity contribution in [1.29, 1.82) is 0 Å². The summed E-state index contributed by atoms with van der Waals surface area (Å²) in [5.74, 6) is 2.51. The normalized spacial score (nSPS) is 10.9. The summed E-state index contributed by atoms with van der Waals surface area (Å²) >= 11 is 8.58. The second kappa shape index (κ2) is 14.3. The third-order valence-corrected chi connectivity index (χ3v) is 7.08. The van der Waals surface area contributed by atoms with Crippen molar-refractivity contribution in [3.63, 3.8) is 0 Å². The van der Waals surface area contributed by atoms with Gasteiger partial charge in [0.15, 0.2) is 0 Å². The molecule has 0 N–H and O–H groups in total. The lowest BCUT2D eigenvalue weighted by Gasteiger charge is -2.06. The molecule has 10 heteroatoms. The molecular formula is C20H28Br2N2O4S2. The second-order valence-corrected chi connectivity index (χ2v) is 11.5. The van der Waals surface area contributed by atoms with E-state index >= 15 is 0 Å². The standard InChI is InChI=1S/C10H14BrNO3S.C10H14BrNOS/c1-8-6-10(12-7-9(8)11)15-4-3-5-16(2,13)14;1-8-6-10(12-7-9(8)11)13-4-3-5-14-2/h6-7H,3-5H2,1-2H3;6-7H,3-5H2,1-2H3. The second-order valence-electron chi connectivity index (χ2n) is 6.57. The Hall–Kier alpha value is -0.840. The molecule has 0 fully saturated rings. The van der Waals surface area contributed by atoms with Gasteiger partial charge in [0.25, 0.3) is 0 Å². The number of aromatic nitrogens is 2. The van der Waals surface area contributed by atoms with Crippen LogP contribution in [-0.2, 0) is 9.84 Å². The highest BCUT2D eigenvalue weighted by atomic mass is 79.9. The average Bonchev–Trinajstić information content (AvgIpc) is 2.68. The van der Waals surface area contributed by atoms with Crippen molar-refractivity contribution in [2.75, 3.05) is 37.2 Å². The van der Waals surface area contributed by atoms with Crippen LogP contribution in [0.3, 0.4) is 0 Å². The molecule has 0 aliphatic rings. The van der Waals surface area contributed by atoms with Crippen LogP contribution >= 0.6 is 43.6 Å². The van der Waals surface area contributed by atoms with Crippen LogP contribution < -0.4 is 9.47 Å². The number of rotatable bonds is 10. The Morgan fingerprint density at radius 1 is 0.933 bits per heavy atom. The summed E-state index contributed by atoms with van der Waals surface area (Å²) in [4.78, 5) is 8.22. The first-order valence-electron chi connectivity index (χ1n) is 9.29. The summed E-state index contributed by atoms with van der Waals surface area (Å²) in [6.07, 6.45) is 8.31. The molecule has 30 heavy (non-hydrogen) atoms. The Morgan fingerprint density at radius 3 is 1.80 bits per heavy atom. The van der Waals surface area contributed by atoms with Crippen LogP contribution in [0, 0.1) is 13.8 Å². The number of nitrogens with zero attached hydrogens (tertiary/aromatic N) is 2. The molecule has 2 heterocycles. The van der Waals surface area contributed by atoms with Gasteiger partial charge >= 0.3 is 0 Å². The molecule has 2 rings (SSSR count). The van der Waals surface area contributed by atoms with Crippen molar-refractivity contribution < 1.29 is 17.9 Å². The van der Waals surface area contributed by atoms with Gasteiger partial charge in [0.05, 0.1) is 19.0 Å². The molecule has 0 atom stereocenters. The zero-order chi connectivity index (χ0) is 22.6. The van der Waals surface area contributed by atoms with Gasteiger partial charge in [-0.1, -0.05) is 0 Å². The lowest BCUT2D eigenvalue weighted by Crippen LogP contribution is -2.08. The smallest absolute Gasteiger partial charge is 0.213 e. The maximum atomic E-state index is 10.9. The van der Waals surface area contributed by atoms with E-state index in [2.05, 4.69) is 48.1 Å². The van der Waals surface area contributed by atoms with Crippen molar-refractivity contribution in [2.24, 2.45) is 0 Å². The topological polar surface area (TPSA) is 78.4 Å². The molecule has 0 radical (unpaired) electrons. The highest BCUT2D eigenvalue weighted by molar-refractivity contribution is 9.10. The van der Waals surface area contributed by atoms with Gasteiger partial charge in [-0.15, -0.1) is 0 Å². The van der Waals surface area contributed by atoms with Gasteiger partial charge in [-0.25, -0.2) is 18.4 Å². The van der Waals surface area contributed by atoms with Gasteiger partial charge in [-0.05, 0) is 81.7 Å². The molecule has 6 nitrogen and oxygen atoms in total. The lowest BCUT2D eigenvalue weighted by molar-refractivity contribution is 0.305. The molecule has 0 aliphatic heterocycles. The fourth-order valence-electron chi connectivity index (χ4n) is 2.06. The predicted octanol–water partition coefficient (Wildman–Crippen LogP) is 5.25. The summed E-state index contributed by atoms with van der Waals surface area (Å²) in [5, 5.41) is 0. The first-order chi connectivity index (χ1) is 14.1. The lowest BCUT2D eigenvalue weighted by atomic mass is 10.3. The third-order valence-electron chi connectivity index (χ3n) is 3.70. The van der Waals surface area contributed by atoms with Crippen molar-refractivity contribution in [3.8, 4) is 11.8 Å². The van der Waals surface area contributed by atoms with E-state index < -0.39 is 9.84 Å². The van der Waals surface area contributed by atoms with Crippen LogP contribution in [0.25, 0.3) is 0 Å². The predicted molar refractivity (Wildman–Crippen MR) is 132 cm³/mol. The summed E-state index contributed by atoms with van der Waals surface area (Å²) in [6, 6.07) is 3.76. The molecule has 0 aliphatic carbocycles. The highest BCUT2D eigenvalue weighted by Crippen LogP contribution is 2.19. The summed E-state index contributed by atoms with van der Waals surface area (Å²) in [6.45, 7) is 5.08. The number of halogens is 2. The van der Waals surface area contributed by atoms with Crippen molar-refractivity contribution in [3.05, 3.63) is 44.6 Å². The van der Waals surface area contributed by atoms with Gasteiger partial charge in [0, 0.05) is 39.7 Å². The molecule has 0 bridgehead atoms. The monoisotopic (exact) mass is 582 g/mol. The Balaban J connectivity index is 0.000000303. The van der Waals surface area contributed by atoms with E-state index in [1.165, 1.54) is 6.26 Å². The van der Waals surface area contributed by atoms with Crippen LogP contribution in [0.5, 0.6) is 11.8 Å². The summed E-state index contributed by atoms with van der Waals surface area (Å²) in [7, 11) is -2.90. The van der Waals surface area contributed by atoms with Gasteiger partial charge in [0.2, 0.25) is 11.8 Å². The molecule has 0 saturated carbocycles. The van der Waals surface area contributed by atoms with Gasteiger partial charge < -0.3 is 9.47 Å². The third kappa shape index (κ3) is 12.1. The van der Waals surface area contributed by atoms with Crippen LogP contribution in [-0.4, -0.2) is 55.6 Å². The van der Waals surface area contributed by atoms with Crippen molar-refractivity contribution in [2.45, 2.75) is 26.7 Å². The van der Waals surface area contributed by atoms with Crippen LogP contribution in [0.1, 0.15) is 24.0 Å². The number of aryl methyl sites for hydroxylation is 2. The van der Waals surface area contributed by atoms with E-state index in [0.29, 0.717) is 24.8 Å². The Bertz CT molecular complexity index is 896. The highest BCUT2D eigenvalue weighted by Gasteiger charge is 2.03. The van der Waals surface area contributed by atoms with E-state index in [9.17, 15) is 8.42 Å².